The van der Waals surface area contributed by atoms with Crippen LogP contribution in [0.3, 0.4) is 0 Å². The first-order chi connectivity index (χ1) is 12.1. The molecule has 2 aromatic carbocycles. The number of carbonyl (C=O) groups is 2. The molecule has 2 amide bonds. The van der Waals surface area contributed by atoms with Crippen LogP contribution in [0.15, 0.2) is 42.5 Å². The number of hydrogen-bond donors (Lipinski definition) is 2. The number of amides is 2. The first kappa shape index (κ1) is 14.3. The van der Waals surface area contributed by atoms with Crippen molar-refractivity contribution >= 4 is 23.2 Å². The smallest absolute Gasteiger partial charge is 0.276 e. The van der Waals surface area contributed by atoms with Gasteiger partial charge in [-0.05, 0) is 37.1 Å². The fraction of sp³-hybridized carbons (Fsp3) is 0.263. The van der Waals surface area contributed by atoms with Gasteiger partial charge in [-0.15, -0.1) is 0 Å². The van der Waals surface area contributed by atoms with Gasteiger partial charge in [-0.2, -0.15) is 0 Å². The van der Waals surface area contributed by atoms with Crippen LogP contribution >= 0.6 is 0 Å². The summed E-state index contributed by atoms with van der Waals surface area (Å²) in [6, 6.07) is 12.9. The fourth-order valence-electron chi connectivity index (χ4n) is 3.86. The van der Waals surface area contributed by atoms with Crippen LogP contribution in [0.25, 0.3) is 0 Å². The molecule has 126 valence electrons. The highest BCUT2D eigenvalue weighted by Gasteiger charge is 2.59. The van der Waals surface area contributed by atoms with E-state index in [2.05, 4.69) is 10.6 Å². The number of rotatable bonds is 2. The zero-order valence-electron chi connectivity index (χ0n) is 13.7. The van der Waals surface area contributed by atoms with Gasteiger partial charge in [0.2, 0.25) is 5.66 Å². The maximum Gasteiger partial charge on any atom is 0.276 e. The Balaban J connectivity index is 1.74. The molecular formula is C19H17N3O3. The third-order valence-electron chi connectivity index (χ3n) is 5.16. The van der Waals surface area contributed by atoms with E-state index in [9.17, 15) is 9.59 Å². The number of hydrogen-bond acceptors (Lipinski definition) is 4. The molecule has 6 nitrogen and oxygen atoms in total. The lowest BCUT2D eigenvalue weighted by molar-refractivity contribution is -0.125. The molecule has 2 aliphatic heterocycles. The molecule has 1 spiro atoms. The Morgan fingerprint density at radius 2 is 1.92 bits per heavy atom. The van der Waals surface area contributed by atoms with Gasteiger partial charge in [-0.3, -0.25) is 9.59 Å². The van der Waals surface area contributed by atoms with E-state index in [-0.39, 0.29) is 17.9 Å². The number of para-hydroxylation sites is 1. The molecule has 2 heterocycles. The largest absolute Gasteiger partial charge is 0.497 e. The van der Waals surface area contributed by atoms with Crippen LogP contribution in [0.5, 0.6) is 5.75 Å². The lowest BCUT2D eigenvalue weighted by Crippen LogP contribution is -2.62. The standard InChI is InChI=1S/C19H17N3O3/c1-25-12-8-9-14-16(10-12)20-18(24)19(14)21-15-5-3-2-4-13(15)17(23)22(19)11-6-7-11/h2-5,8-11,21H,6-7H2,1H3,(H,20,24)/t19-/m1/s1. The summed E-state index contributed by atoms with van der Waals surface area (Å²) in [5.41, 5.74) is 1.52. The maximum absolute atomic E-state index is 13.2. The zero-order chi connectivity index (χ0) is 17.2. The van der Waals surface area contributed by atoms with Gasteiger partial charge >= 0.3 is 0 Å². The number of fused-ring (bicyclic) bond motifs is 3. The maximum atomic E-state index is 13.2. The van der Waals surface area contributed by atoms with Gasteiger partial charge in [0, 0.05) is 23.4 Å². The van der Waals surface area contributed by atoms with E-state index >= 15 is 0 Å². The van der Waals surface area contributed by atoms with Crippen molar-refractivity contribution < 1.29 is 14.3 Å². The van der Waals surface area contributed by atoms with Crippen molar-refractivity contribution in [1.29, 1.82) is 0 Å². The second-order valence-corrected chi connectivity index (χ2v) is 6.65. The highest BCUT2D eigenvalue weighted by Crippen LogP contribution is 2.50. The number of ether oxygens (including phenoxy) is 1. The topological polar surface area (TPSA) is 70.7 Å². The second-order valence-electron chi connectivity index (χ2n) is 6.65. The Morgan fingerprint density at radius 3 is 2.68 bits per heavy atom. The molecule has 3 aliphatic rings. The minimum absolute atomic E-state index is 0.0761. The molecule has 6 heteroatoms. The molecule has 0 aromatic heterocycles. The van der Waals surface area contributed by atoms with Gasteiger partial charge in [0.15, 0.2) is 0 Å². The summed E-state index contributed by atoms with van der Waals surface area (Å²) < 4.78 is 5.26. The van der Waals surface area contributed by atoms with E-state index in [1.807, 2.05) is 30.3 Å². The number of carbonyl (C=O) groups excluding carboxylic acids is 2. The van der Waals surface area contributed by atoms with Crippen LogP contribution < -0.4 is 15.4 Å². The number of nitrogens with zero attached hydrogens (tertiary/aromatic N) is 1. The van der Waals surface area contributed by atoms with Crippen LogP contribution in [-0.4, -0.2) is 29.9 Å². The SMILES string of the molecule is COc1ccc2c(c1)NC(=O)[C@@]21Nc2ccccc2C(=O)N1C1CC1. The van der Waals surface area contributed by atoms with E-state index in [1.54, 1.807) is 24.1 Å². The van der Waals surface area contributed by atoms with E-state index in [1.165, 1.54) is 0 Å². The lowest BCUT2D eigenvalue weighted by atomic mass is 9.92. The van der Waals surface area contributed by atoms with Gasteiger partial charge < -0.3 is 20.3 Å². The highest BCUT2D eigenvalue weighted by atomic mass is 16.5. The summed E-state index contributed by atoms with van der Waals surface area (Å²) in [4.78, 5) is 28.0. The average molecular weight is 335 g/mol. The summed E-state index contributed by atoms with van der Waals surface area (Å²) in [5.74, 6) is 0.331. The number of anilines is 2. The predicted molar refractivity (Wildman–Crippen MR) is 92.6 cm³/mol. The van der Waals surface area contributed by atoms with Crippen molar-refractivity contribution in [2.24, 2.45) is 0 Å². The molecule has 1 atom stereocenters. The Morgan fingerprint density at radius 1 is 1.12 bits per heavy atom. The van der Waals surface area contributed by atoms with Gasteiger partial charge in [0.1, 0.15) is 5.75 Å². The Bertz CT molecular complexity index is 922. The van der Waals surface area contributed by atoms with Crippen molar-refractivity contribution in [3.05, 3.63) is 53.6 Å². The van der Waals surface area contributed by atoms with Crippen LogP contribution in [-0.2, 0) is 10.5 Å². The van der Waals surface area contributed by atoms with Gasteiger partial charge in [0.05, 0.1) is 18.4 Å². The van der Waals surface area contributed by atoms with Crippen molar-refractivity contribution in [3.8, 4) is 5.75 Å². The monoisotopic (exact) mass is 335 g/mol. The summed E-state index contributed by atoms with van der Waals surface area (Å²) in [6.45, 7) is 0. The van der Waals surface area contributed by atoms with Crippen LogP contribution in [0.4, 0.5) is 11.4 Å². The van der Waals surface area contributed by atoms with Crippen molar-refractivity contribution in [3.63, 3.8) is 0 Å². The summed E-state index contributed by atoms with van der Waals surface area (Å²) in [6.07, 6.45) is 1.83. The Kier molecular flexibility index (Phi) is 2.72. The van der Waals surface area contributed by atoms with Crippen molar-refractivity contribution in [2.45, 2.75) is 24.5 Å². The lowest BCUT2D eigenvalue weighted by Gasteiger charge is -2.45. The van der Waals surface area contributed by atoms with Crippen LogP contribution in [0, 0.1) is 0 Å². The zero-order valence-corrected chi connectivity index (χ0v) is 13.7. The molecular weight excluding hydrogens is 318 g/mol. The van der Waals surface area contributed by atoms with Crippen molar-refractivity contribution in [1.82, 2.24) is 4.90 Å². The molecule has 5 rings (SSSR count). The predicted octanol–water partition coefficient (Wildman–Crippen LogP) is 2.53. The Labute approximate surface area is 144 Å². The van der Waals surface area contributed by atoms with Gasteiger partial charge in [-0.25, -0.2) is 0 Å². The van der Waals surface area contributed by atoms with E-state index in [0.29, 0.717) is 22.7 Å². The van der Waals surface area contributed by atoms with Crippen LogP contribution in [0.2, 0.25) is 0 Å². The molecule has 1 saturated carbocycles. The van der Waals surface area contributed by atoms with E-state index in [4.69, 9.17) is 4.74 Å². The van der Waals surface area contributed by atoms with Crippen LogP contribution in [0.1, 0.15) is 28.8 Å². The average Bonchev–Trinajstić information content (AvgIpc) is 3.42. The number of benzene rings is 2. The highest BCUT2D eigenvalue weighted by molar-refractivity contribution is 6.14. The summed E-state index contributed by atoms with van der Waals surface area (Å²) in [7, 11) is 1.59. The second kappa shape index (κ2) is 4.75. The molecule has 1 fully saturated rings. The number of methoxy groups -OCH3 is 1. The fourth-order valence-corrected chi connectivity index (χ4v) is 3.86. The molecule has 2 N–H and O–H groups in total. The van der Waals surface area contributed by atoms with E-state index in [0.717, 1.165) is 18.4 Å². The summed E-state index contributed by atoms with van der Waals surface area (Å²) >= 11 is 0. The molecule has 0 bridgehead atoms. The third kappa shape index (κ3) is 1.79. The van der Waals surface area contributed by atoms with Crippen molar-refractivity contribution in [2.75, 3.05) is 17.7 Å². The number of nitrogens with one attached hydrogen (secondary N) is 2. The third-order valence-corrected chi connectivity index (χ3v) is 5.16. The van der Waals surface area contributed by atoms with Gasteiger partial charge in [0.25, 0.3) is 11.8 Å². The quantitative estimate of drug-likeness (QED) is 0.885. The molecule has 0 unspecified atom stereocenters. The minimum atomic E-state index is -1.20. The van der Waals surface area contributed by atoms with Gasteiger partial charge in [-0.1, -0.05) is 12.1 Å². The molecule has 1 aliphatic carbocycles. The normalized spacial score (nSPS) is 23.8. The first-order valence-corrected chi connectivity index (χ1v) is 8.36. The molecule has 2 aromatic rings. The molecule has 0 radical (unpaired) electrons. The summed E-state index contributed by atoms with van der Waals surface area (Å²) in [5, 5.41) is 6.29. The molecule has 25 heavy (non-hydrogen) atoms. The minimum Gasteiger partial charge on any atom is -0.497 e. The first-order valence-electron chi connectivity index (χ1n) is 8.36. The van der Waals surface area contributed by atoms with E-state index < -0.39 is 5.66 Å². The molecule has 0 saturated heterocycles. The Hall–Kier alpha value is -3.02.